The molecule has 3 aromatic carbocycles. The number of carbonyl (C=O) groups is 2. The molecule has 1 atom stereocenters. The second-order valence-corrected chi connectivity index (χ2v) is 10.8. The largest absolute Gasteiger partial charge is 0.497 e. The van der Waals surface area contributed by atoms with E-state index in [9.17, 15) is 18.0 Å². The zero-order valence-corrected chi connectivity index (χ0v) is 23.3. The number of ether oxygens (including phenoxy) is 1. The smallest absolute Gasteiger partial charge is 0.264 e. The number of nitrogens with one attached hydrogen (secondary N) is 1. The van der Waals surface area contributed by atoms with Crippen molar-refractivity contribution >= 4 is 27.5 Å². The molecule has 0 aromatic heterocycles. The molecule has 0 bridgehead atoms. The van der Waals surface area contributed by atoms with Gasteiger partial charge in [-0.25, -0.2) is 8.42 Å². The summed E-state index contributed by atoms with van der Waals surface area (Å²) in [4.78, 5) is 28.2. The van der Waals surface area contributed by atoms with E-state index in [4.69, 9.17) is 4.74 Å². The highest BCUT2D eigenvalue weighted by Crippen LogP contribution is 2.29. The summed E-state index contributed by atoms with van der Waals surface area (Å²) in [5, 5.41) is 2.76. The van der Waals surface area contributed by atoms with E-state index in [2.05, 4.69) is 5.32 Å². The fourth-order valence-corrected chi connectivity index (χ4v) is 5.56. The van der Waals surface area contributed by atoms with Crippen LogP contribution >= 0.6 is 0 Å². The molecule has 38 heavy (non-hydrogen) atoms. The Morgan fingerprint density at radius 2 is 1.61 bits per heavy atom. The van der Waals surface area contributed by atoms with E-state index in [-0.39, 0.29) is 17.3 Å². The zero-order valence-electron chi connectivity index (χ0n) is 22.5. The van der Waals surface area contributed by atoms with Crippen molar-refractivity contribution in [3.8, 4) is 5.75 Å². The molecule has 0 aliphatic rings. The molecule has 0 spiro atoms. The summed E-state index contributed by atoms with van der Waals surface area (Å²) in [5.74, 6) is -0.156. The third kappa shape index (κ3) is 6.52. The summed E-state index contributed by atoms with van der Waals surface area (Å²) in [7, 11) is -2.52. The Labute approximate surface area is 225 Å². The molecule has 0 radical (unpaired) electrons. The van der Waals surface area contributed by atoms with Crippen molar-refractivity contribution < 1.29 is 22.7 Å². The van der Waals surface area contributed by atoms with Gasteiger partial charge in [0.05, 0.1) is 17.7 Å². The van der Waals surface area contributed by atoms with Crippen LogP contribution in [0.4, 0.5) is 5.69 Å². The minimum absolute atomic E-state index is 0.0761. The fourth-order valence-electron chi connectivity index (χ4n) is 4.07. The molecule has 202 valence electrons. The first kappa shape index (κ1) is 28.7. The number of likely N-dealkylation sites (N-methyl/N-ethyl adjacent to an activating group) is 1. The number of sulfonamides is 1. The van der Waals surface area contributed by atoms with E-state index >= 15 is 0 Å². The molecule has 0 heterocycles. The third-order valence-electron chi connectivity index (χ3n) is 6.49. The number of hydrogen-bond donors (Lipinski definition) is 1. The summed E-state index contributed by atoms with van der Waals surface area (Å²) >= 11 is 0. The van der Waals surface area contributed by atoms with Crippen molar-refractivity contribution in [2.45, 2.75) is 45.2 Å². The topological polar surface area (TPSA) is 96.0 Å². The molecule has 9 heteroatoms. The van der Waals surface area contributed by atoms with Crippen LogP contribution in [0.2, 0.25) is 0 Å². The Bertz CT molecular complexity index is 1360. The van der Waals surface area contributed by atoms with Gasteiger partial charge in [0, 0.05) is 13.1 Å². The molecule has 0 aliphatic carbocycles. The maximum absolute atomic E-state index is 13.9. The Kier molecular flexibility index (Phi) is 9.52. The molecule has 2 amide bonds. The monoisotopic (exact) mass is 537 g/mol. The summed E-state index contributed by atoms with van der Waals surface area (Å²) < 4.78 is 34.1. The molecule has 8 nitrogen and oxygen atoms in total. The molecule has 3 aromatic rings. The standard InChI is InChI=1S/C29H35N3O5S/c1-6-30-29(34)23(4)31(19-24-15-17-25(37-5)18-16-24)28(33)20-32(27-14-10-11-21(2)22(27)3)38(35,36)26-12-8-7-9-13-26/h7-18,23H,6,19-20H2,1-5H3,(H,30,34). The van der Waals surface area contributed by atoms with Crippen LogP contribution in [0, 0.1) is 13.8 Å². The molecule has 0 aliphatic heterocycles. The van der Waals surface area contributed by atoms with Crippen LogP contribution in [-0.4, -0.2) is 51.4 Å². The molecule has 0 fully saturated rings. The van der Waals surface area contributed by atoms with Crippen LogP contribution in [0.3, 0.4) is 0 Å². The van der Waals surface area contributed by atoms with Gasteiger partial charge in [-0.2, -0.15) is 0 Å². The van der Waals surface area contributed by atoms with Crippen LogP contribution in [0.25, 0.3) is 0 Å². The van der Waals surface area contributed by atoms with Gasteiger partial charge in [0.15, 0.2) is 0 Å². The molecular weight excluding hydrogens is 502 g/mol. The highest BCUT2D eigenvalue weighted by Gasteiger charge is 2.33. The van der Waals surface area contributed by atoms with Crippen LogP contribution in [-0.2, 0) is 26.2 Å². The highest BCUT2D eigenvalue weighted by atomic mass is 32.2. The summed E-state index contributed by atoms with van der Waals surface area (Å²) in [6.07, 6.45) is 0. The van der Waals surface area contributed by atoms with Crippen molar-refractivity contribution in [1.29, 1.82) is 0 Å². The van der Waals surface area contributed by atoms with Crippen LogP contribution in [0.1, 0.15) is 30.5 Å². The van der Waals surface area contributed by atoms with Crippen molar-refractivity contribution in [3.05, 3.63) is 89.5 Å². The van der Waals surface area contributed by atoms with Crippen LogP contribution < -0.4 is 14.4 Å². The minimum atomic E-state index is -4.09. The molecular formula is C29H35N3O5S. The van der Waals surface area contributed by atoms with E-state index < -0.39 is 28.5 Å². The van der Waals surface area contributed by atoms with E-state index in [0.29, 0.717) is 18.0 Å². The van der Waals surface area contributed by atoms with E-state index in [1.54, 1.807) is 63.4 Å². The lowest BCUT2D eigenvalue weighted by molar-refractivity contribution is -0.139. The zero-order chi connectivity index (χ0) is 27.9. The predicted molar refractivity (Wildman–Crippen MR) is 149 cm³/mol. The predicted octanol–water partition coefficient (Wildman–Crippen LogP) is 4.06. The van der Waals surface area contributed by atoms with Gasteiger partial charge in [-0.1, -0.05) is 42.5 Å². The molecule has 1 unspecified atom stereocenters. The minimum Gasteiger partial charge on any atom is -0.497 e. The van der Waals surface area contributed by atoms with Gasteiger partial charge >= 0.3 is 0 Å². The van der Waals surface area contributed by atoms with Gasteiger partial charge in [0.25, 0.3) is 10.0 Å². The number of amides is 2. The average molecular weight is 538 g/mol. The van der Waals surface area contributed by atoms with Crippen molar-refractivity contribution in [2.75, 3.05) is 24.5 Å². The molecule has 0 saturated heterocycles. The number of aryl methyl sites for hydroxylation is 1. The first-order chi connectivity index (χ1) is 18.1. The Morgan fingerprint density at radius 1 is 0.947 bits per heavy atom. The van der Waals surface area contributed by atoms with Gasteiger partial charge < -0.3 is 15.0 Å². The van der Waals surface area contributed by atoms with Crippen LogP contribution in [0.5, 0.6) is 5.75 Å². The van der Waals surface area contributed by atoms with Gasteiger partial charge in [0.2, 0.25) is 11.8 Å². The quantitative estimate of drug-likeness (QED) is 0.398. The van der Waals surface area contributed by atoms with Crippen LogP contribution in [0.15, 0.2) is 77.7 Å². The number of benzene rings is 3. The van der Waals surface area contributed by atoms with Crippen molar-refractivity contribution in [2.24, 2.45) is 0 Å². The fraction of sp³-hybridized carbons (Fsp3) is 0.310. The molecule has 1 N–H and O–H groups in total. The summed E-state index contributed by atoms with van der Waals surface area (Å²) in [6, 6.07) is 19.7. The second kappa shape index (κ2) is 12.6. The SMILES string of the molecule is CCNC(=O)C(C)N(Cc1ccc(OC)cc1)C(=O)CN(c1cccc(C)c1C)S(=O)(=O)c1ccccc1. The maximum atomic E-state index is 13.9. The second-order valence-electron chi connectivity index (χ2n) is 8.98. The number of anilines is 1. The van der Waals surface area contributed by atoms with Gasteiger partial charge in [0.1, 0.15) is 18.3 Å². The summed E-state index contributed by atoms with van der Waals surface area (Å²) in [6.45, 7) is 7.21. The average Bonchev–Trinajstić information content (AvgIpc) is 2.92. The van der Waals surface area contributed by atoms with E-state index in [1.807, 2.05) is 32.0 Å². The molecule has 0 saturated carbocycles. The lowest BCUT2D eigenvalue weighted by Gasteiger charge is -2.32. The van der Waals surface area contributed by atoms with Gasteiger partial charge in [-0.05, 0) is 74.7 Å². The number of rotatable bonds is 11. The first-order valence-corrected chi connectivity index (χ1v) is 13.9. The van der Waals surface area contributed by atoms with Crippen molar-refractivity contribution in [3.63, 3.8) is 0 Å². The Morgan fingerprint density at radius 3 is 2.21 bits per heavy atom. The Balaban J connectivity index is 2.05. The van der Waals surface area contributed by atoms with E-state index in [0.717, 1.165) is 21.0 Å². The van der Waals surface area contributed by atoms with Crippen molar-refractivity contribution in [1.82, 2.24) is 10.2 Å². The summed E-state index contributed by atoms with van der Waals surface area (Å²) in [5.41, 5.74) is 2.84. The van der Waals surface area contributed by atoms with E-state index in [1.165, 1.54) is 17.0 Å². The number of methoxy groups -OCH3 is 1. The lowest BCUT2D eigenvalue weighted by atomic mass is 10.1. The number of hydrogen-bond acceptors (Lipinski definition) is 5. The number of carbonyl (C=O) groups excluding carboxylic acids is 2. The van der Waals surface area contributed by atoms with Gasteiger partial charge in [-0.3, -0.25) is 13.9 Å². The Hall–Kier alpha value is -3.85. The highest BCUT2D eigenvalue weighted by molar-refractivity contribution is 7.92. The third-order valence-corrected chi connectivity index (χ3v) is 8.26. The number of nitrogens with zero attached hydrogens (tertiary/aromatic N) is 2. The van der Waals surface area contributed by atoms with Gasteiger partial charge in [-0.15, -0.1) is 0 Å². The normalized spacial score (nSPS) is 11.9. The first-order valence-electron chi connectivity index (χ1n) is 12.4. The lowest BCUT2D eigenvalue weighted by Crippen LogP contribution is -2.51. The molecule has 3 rings (SSSR count). The maximum Gasteiger partial charge on any atom is 0.264 e.